The van der Waals surface area contributed by atoms with E-state index in [-0.39, 0.29) is 22.9 Å². The summed E-state index contributed by atoms with van der Waals surface area (Å²) in [6.07, 6.45) is 1.97. The lowest BCUT2D eigenvalue weighted by atomic mass is 10.1. The van der Waals surface area contributed by atoms with Crippen molar-refractivity contribution in [2.75, 3.05) is 38.6 Å². The van der Waals surface area contributed by atoms with Crippen molar-refractivity contribution in [1.82, 2.24) is 15.0 Å². The fourth-order valence-corrected chi connectivity index (χ4v) is 5.35. The van der Waals surface area contributed by atoms with Gasteiger partial charge in [0.2, 0.25) is 10.0 Å². The Hall–Kier alpha value is -2.24. The summed E-state index contributed by atoms with van der Waals surface area (Å²) >= 11 is 1.08. The van der Waals surface area contributed by atoms with Crippen LogP contribution >= 0.6 is 11.3 Å². The van der Waals surface area contributed by atoms with E-state index in [4.69, 9.17) is 4.74 Å². The van der Waals surface area contributed by atoms with Crippen LogP contribution in [-0.2, 0) is 27.6 Å². The van der Waals surface area contributed by atoms with Gasteiger partial charge >= 0.3 is 4.87 Å². The third-order valence-corrected chi connectivity index (χ3v) is 7.63. The van der Waals surface area contributed by atoms with E-state index in [2.05, 4.69) is 39.3 Å². The zero-order chi connectivity index (χ0) is 23.7. The van der Waals surface area contributed by atoms with Gasteiger partial charge in [-0.15, -0.1) is 0 Å². The smallest absolute Gasteiger partial charge is 0.305 e. The molecule has 0 saturated heterocycles. The number of benzene rings is 2. The molecule has 0 fully saturated rings. The molecule has 1 heterocycles. The summed E-state index contributed by atoms with van der Waals surface area (Å²) in [6, 6.07) is 11.7. The summed E-state index contributed by atoms with van der Waals surface area (Å²) in [5, 5.41) is 13.1. The molecule has 10 heteroatoms. The van der Waals surface area contributed by atoms with E-state index in [9.17, 15) is 18.3 Å². The Bertz CT molecular complexity index is 1190. The maximum Gasteiger partial charge on any atom is 0.305 e. The van der Waals surface area contributed by atoms with Crippen LogP contribution < -0.4 is 14.9 Å². The van der Waals surface area contributed by atoms with Crippen LogP contribution in [-0.4, -0.2) is 57.1 Å². The summed E-state index contributed by atoms with van der Waals surface area (Å²) in [5.74, 6) is 0.112. The van der Waals surface area contributed by atoms with Gasteiger partial charge in [-0.2, -0.15) is 0 Å². The number of aromatic nitrogens is 1. The fourth-order valence-electron chi connectivity index (χ4n) is 3.39. The second-order valence-electron chi connectivity index (χ2n) is 7.88. The number of phenolic OH excluding ortho intramolecular Hbond substituents is 1. The number of sulfonamides is 1. The highest BCUT2D eigenvalue weighted by atomic mass is 32.2. The van der Waals surface area contributed by atoms with Gasteiger partial charge in [0.05, 0.1) is 23.7 Å². The highest BCUT2D eigenvalue weighted by Gasteiger charge is 2.10. The van der Waals surface area contributed by atoms with Crippen LogP contribution in [0.4, 0.5) is 0 Å². The van der Waals surface area contributed by atoms with Crippen molar-refractivity contribution < 1.29 is 18.3 Å². The number of H-pyrrole nitrogens is 1. The topological polar surface area (TPSA) is 121 Å². The zero-order valence-electron chi connectivity index (χ0n) is 18.7. The van der Waals surface area contributed by atoms with Crippen molar-refractivity contribution in [1.29, 1.82) is 0 Å². The number of phenols is 1. The van der Waals surface area contributed by atoms with Crippen LogP contribution in [0.5, 0.6) is 5.75 Å². The van der Waals surface area contributed by atoms with Gasteiger partial charge in [0, 0.05) is 6.54 Å². The minimum atomic E-state index is -3.33. The van der Waals surface area contributed by atoms with Gasteiger partial charge in [0.15, 0.2) is 0 Å². The van der Waals surface area contributed by atoms with Gasteiger partial charge in [0.25, 0.3) is 0 Å². The fraction of sp³-hybridized carbons (Fsp3) is 0.435. The van der Waals surface area contributed by atoms with E-state index in [1.165, 1.54) is 11.1 Å². The van der Waals surface area contributed by atoms with Gasteiger partial charge in [-0.3, -0.25) is 4.79 Å². The lowest BCUT2D eigenvalue weighted by Crippen LogP contribution is -2.31. The second-order valence-corrected chi connectivity index (χ2v) is 10.8. The van der Waals surface area contributed by atoms with E-state index < -0.39 is 10.0 Å². The first-order valence-electron chi connectivity index (χ1n) is 11.0. The summed E-state index contributed by atoms with van der Waals surface area (Å²) in [4.78, 5) is 14.0. The Kier molecular flexibility index (Phi) is 9.45. The van der Waals surface area contributed by atoms with Crippen LogP contribution in [0.15, 0.2) is 41.2 Å². The number of hydrogen-bond donors (Lipinski definition) is 4. The first-order chi connectivity index (χ1) is 15.8. The lowest BCUT2D eigenvalue weighted by Gasteiger charge is -2.09. The Morgan fingerprint density at radius 2 is 1.82 bits per heavy atom. The normalized spacial score (nSPS) is 11.9. The van der Waals surface area contributed by atoms with Gasteiger partial charge in [-0.1, -0.05) is 47.2 Å². The largest absolute Gasteiger partial charge is 0.506 e. The molecule has 2 aromatic carbocycles. The van der Waals surface area contributed by atoms with Gasteiger partial charge in [0.1, 0.15) is 11.3 Å². The number of nitrogens with one attached hydrogen (secondary N) is 3. The molecule has 0 radical (unpaired) electrons. The molecule has 4 N–H and O–H groups in total. The third-order valence-electron chi connectivity index (χ3n) is 5.20. The second kappa shape index (κ2) is 12.3. The molecule has 3 rings (SSSR count). The van der Waals surface area contributed by atoms with Crippen molar-refractivity contribution in [2.45, 2.75) is 26.2 Å². The van der Waals surface area contributed by atoms with Crippen molar-refractivity contribution >= 4 is 31.6 Å². The molecule has 180 valence electrons. The molecule has 0 atom stereocenters. The molecule has 0 aliphatic rings. The number of fused-ring (bicyclic) bond motifs is 1. The SMILES string of the molecule is Cc1ccc(CCOCCNS(=O)(=O)CCCNCCc2ccc(O)c3[nH]c(=O)sc23)cc1. The predicted molar refractivity (Wildman–Crippen MR) is 133 cm³/mol. The van der Waals surface area contributed by atoms with Crippen molar-refractivity contribution in [3.63, 3.8) is 0 Å². The molecular formula is C23H31N3O5S2. The number of hydrogen-bond acceptors (Lipinski definition) is 7. The lowest BCUT2D eigenvalue weighted by molar-refractivity contribution is 0.142. The van der Waals surface area contributed by atoms with Gasteiger partial charge < -0.3 is 20.1 Å². The minimum absolute atomic E-state index is 0.0479. The summed E-state index contributed by atoms with van der Waals surface area (Å²) in [6.45, 7) is 4.43. The van der Waals surface area contributed by atoms with Crippen LogP contribution in [0.1, 0.15) is 23.1 Å². The summed E-state index contributed by atoms with van der Waals surface area (Å²) < 4.78 is 33.1. The van der Waals surface area contributed by atoms with E-state index in [1.807, 2.05) is 6.92 Å². The van der Waals surface area contributed by atoms with E-state index in [0.717, 1.165) is 28.0 Å². The first-order valence-corrected chi connectivity index (χ1v) is 13.5. The number of aryl methyl sites for hydroxylation is 1. The molecule has 0 bridgehead atoms. The number of thiazole rings is 1. The van der Waals surface area contributed by atoms with Crippen molar-refractivity contribution in [2.24, 2.45) is 0 Å². The predicted octanol–water partition coefficient (Wildman–Crippen LogP) is 2.30. The number of rotatable bonds is 14. The highest BCUT2D eigenvalue weighted by Crippen LogP contribution is 2.27. The Labute approximate surface area is 198 Å². The van der Waals surface area contributed by atoms with Crippen LogP contribution in [0.25, 0.3) is 10.2 Å². The third kappa shape index (κ3) is 8.24. The molecule has 0 amide bonds. The molecular weight excluding hydrogens is 462 g/mol. The molecule has 8 nitrogen and oxygen atoms in total. The Balaban J connectivity index is 1.25. The molecule has 0 aliphatic heterocycles. The zero-order valence-corrected chi connectivity index (χ0v) is 20.4. The van der Waals surface area contributed by atoms with Crippen LogP contribution in [0, 0.1) is 6.92 Å². The molecule has 0 aliphatic carbocycles. The molecule has 33 heavy (non-hydrogen) atoms. The average Bonchev–Trinajstić information content (AvgIpc) is 3.18. The number of aromatic hydroxyl groups is 1. The molecule has 0 unspecified atom stereocenters. The average molecular weight is 494 g/mol. The van der Waals surface area contributed by atoms with Crippen LogP contribution in [0.2, 0.25) is 0 Å². The van der Waals surface area contributed by atoms with Crippen LogP contribution in [0.3, 0.4) is 0 Å². The summed E-state index contributed by atoms with van der Waals surface area (Å²) in [7, 11) is -3.33. The molecule has 1 aromatic heterocycles. The Morgan fingerprint density at radius 3 is 2.61 bits per heavy atom. The summed E-state index contributed by atoms with van der Waals surface area (Å²) in [5.41, 5.74) is 3.86. The maximum atomic E-state index is 12.1. The standard InChI is InChI=1S/C23H31N3O5S2/c1-17-3-5-18(6-4-17)10-14-31-15-13-25-33(29,30)16-2-11-24-12-9-19-7-8-20(27)21-22(19)32-23(28)26-21/h3-8,24-25,27H,2,9-16H2,1H3,(H,26,28). The maximum absolute atomic E-state index is 12.1. The highest BCUT2D eigenvalue weighted by molar-refractivity contribution is 7.89. The number of aromatic amines is 1. The molecule has 3 aromatic rings. The molecule has 0 spiro atoms. The van der Waals surface area contributed by atoms with Gasteiger partial charge in [-0.05, 0) is 56.5 Å². The first kappa shape index (κ1) is 25.4. The van der Waals surface area contributed by atoms with E-state index in [1.54, 1.807) is 12.1 Å². The van der Waals surface area contributed by atoms with Gasteiger partial charge in [-0.25, -0.2) is 13.1 Å². The van der Waals surface area contributed by atoms with Crippen molar-refractivity contribution in [3.05, 3.63) is 62.8 Å². The quantitative estimate of drug-likeness (QED) is 0.256. The number of ether oxygens (including phenoxy) is 1. The minimum Gasteiger partial charge on any atom is -0.506 e. The van der Waals surface area contributed by atoms with E-state index >= 15 is 0 Å². The van der Waals surface area contributed by atoms with Crippen molar-refractivity contribution in [3.8, 4) is 5.75 Å². The van der Waals surface area contributed by atoms with E-state index in [0.29, 0.717) is 44.7 Å². The Morgan fingerprint density at radius 1 is 1.03 bits per heavy atom. The monoisotopic (exact) mass is 493 g/mol. The molecule has 0 saturated carbocycles.